The predicted octanol–water partition coefficient (Wildman–Crippen LogP) is 3.11. The van der Waals surface area contributed by atoms with Crippen LogP contribution in [0.2, 0.25) is 0 Å². The van der Waals surface area contributed by atoms with Crippen molar-refractivity contribution < 1.29 is 9.90 Å². The van der Waals surface area contributed by atoms with Gasteiger partial charge in [-0.3, -0.25) is 9.48 Å². The molecule has 1 aromatic carbocycles. The van der Waals surface area contributed by atoms with Crippen LogP contribution in [0.4, 0.5) is 0 Å². The van der Waals surface area contributed by atoms with Crippen LogP contribution in [0.5, 0.6) is 0 Å². The highest BCUT2D eigenvalue weighted by Gasteiger charge is 2.21. The second kappa shape index (κ2) is 6.68. The number of aromatic amines is 1. The standard InChI is InChI=1S/C23H24N6O2/c1-23(2,12-30)27-22(31)13-5-6-19-15(7-13)17(11-28(19)3)18-8-16-20-14(10-25-29(20)4)9-24-21(16)26-18/h5-11,25,30H,12H2,1-4H3,(H,27,31). The first-order valence-electron chi connectivity index (χ1n) is 10.1. The third-order valence-corrected chi connectivity index (χ3v) is 5.73. The fraction of sp³-hybridized carbons (Fsp3) is 0.261. The molecule has 4 aromatic heterocycles. The first kappa shape index (κ1) is 19.3. The van der Waals surface area contributed by atoms with Crippen LogP contribution in [-0.4, -0.2) is 47.5 Å². The lowest BCUT2D eigenvalue weighted by Crippen LogP contribution is -2.46. The molecule has 0 bridgehead atoms. The average Bonchev–Trinajstić information content (AvgIpc) is 3.42. The van der Waals surface area contributed by atoms with Gasteiger partial charge in [0.05, 0.1) is 23.4 Å². The molecule has 5 rings (SSSR count). The average molecular weight is 416 g/mol. The summed E-state index contributed by atoms with van der Waals surface area (Å²) in [5, 5.41) is 18.5. The van der Waals surface area contributed by atoms with Crippen molar-refractivity contribution in [3.05, 3.63) is 48.4 Å². The molecule has 0 saturated heterocycles. The Bertz CT molecular complexity index is 1470. The maximum Gasteiger partial charge on any atom is 0.251 e. The molecular weight excluding hydrogens is 392 g/mol. The van der Waals surface area contributed by atoms with Gasteiger partial charge in [0.25, 0.3) is 5.91 Å². The molecule has 8 nitrogen and oxygen atoms in total. The van der Waals surface area contributed by atoms with E-state index in [2.05, 4.69) is 21.5 Å². The summed E-state index contributed by atoms with van der Waals surface area (Å²) < 4.78 is 3.99. The van der Waals surface area contributed by atoms with E-state index in [4.69, 9.17) is 4.98 Å². The fourth-order valence-electron chi connectivity index (χ4n) is 4.03. The smallest absolute Gasteiger partial charge is 0.251 e. The predicted molar refractivity (Wildman–Crippen MR) is 121 cm³/mol. The molecule has 8 heteroatoms. The van der Waals surface area contributed by atoms with E-state index in [1.807, 2.05) is 54.1 Å². The summed E-state index contributed by atoms with van der Waals surface area (Å²) >= 11 is 0. The molecular formula is C23H24N6O2. The quantitative estimate of drug-likeness (QED) is 0.419. The Balaban J connectivity index is 1.65. The van der Waals surface area contributed by atoms with Gasteiger partial charge in [-0.05, 0) is 38.1 Å². The molecule has 158 valence electrons. The number of H-pyrrole nitrogens is 1. The number of fused-ring (bicyclic) bond motifs is 4. The molecule has 31 heavy (non-hydrogen) atoms. The van der Waals surface area contributed by atoms with Crippen molar-refractivity contribution in [1.29, 1.82) is 0 Å². The minimum Gasteiger partial charge on any atom is -0.394 e. The second-order valence-corrected chi connectivity index (χ2v) is 8.65. The largest absolute Gasteiger partial charge is 0.394 e. The number of hydrogen-bond donors (Lipinski definition) is 3. The first-order valence-corrected chi connectivity index (χ1v) is 10.1. The molecule has 0 unspecified atom stereocenters. The molecule has 5 aromatic rings. The van der Waals surface area contributed by atoms with E-state index in [1.165, 1.54) is 0 Å². The van der Waals surface area contributed by atoms with Crippen LogP contribution in [-0.2, 0) is 14.1 Å². The monoisotopic (exact) mass is 416 g/mol. The van der Waals surface area contributed by atoms with E-state index in [-0.39, 0.29) is 12.5 Å². The molecule has 4 heterocycles. The molecule has 0 atom stereocenters. The minimum absolute atomic E-state index is 0.139. The summed E-state index contributed by atoms with van der Waals surface area (Å²) in [6, 6.07) is 7.67. The topological polar surface area (TPSA) is 101 Å². The number of hydrogen-bond acceptors (Lipinski definition) is 4. The van der Waals surface area contributed by atoms with Crippen LogP contribution in [0.3, 0.4) is 0 Å². The SMILES string of the molecule is Cn1cc(-c2cc3c(ncc4c[nH]n(C)c43)n2)c2cc(C(=O)NC(C)(C)CO)ccc21. The van der Waals surface area contributed by atoms with E-state index in [0.717, 1.165) is 38.4 Å². The third-order valence-electron chi connectivity index (χ3n) is 5.73. The number of nitrogens with zero attached hydrogens (tertiary/aromatic N) is 4. The molecule has 0 fully saturated rings. The Morgan fingerprint density at radius 3 is 2.81 bits per heavy atom. The number of aliphatic hydroxyl groups excluding tert-OH is 1. The zero-order valence-corrected chi connectivity index (χ0v) is 17.9. The zero-order chi connectivity index (χ0) is 21.9. The number of pyridine rings is 1. The molecule has 0 aliphatic heterocycles. The van der Waals surface area contributed by atoms with Crippen LogP contribution in [0.1, 0.15) is 24.2 Å². The van der Waals surface area contributed by atoms with Gasteiger partial charge in [-0.1, -0.05) is 0 Å². The summed E-state index contributed by atoms with van der Waals surface area (Å²) in [7, 11) is 3.94. The number of aryl methyl sites for hydroxylation is 2. The van der Waals surface area contributed by atoms with Crippen LogP contribution < -0.4 is 5.32 Å². The molecule has 0 radical (unpaired) electrons. The molecule has 0 saturated carbocycles. The van der Waals surface area contributed by atoms with E-state index >= 15 is 0 Å². The number of carbonyl (C=O) groups is 1. The maximum absolute atomic E-state index is 12.8. The van der Waals surface area contributed by atoms with Gasteiger partial charge in [-0.25, -0.2) is 9.97 Å². The van der Waals surface area contributed by atoms with E-state index < -0.39 is 5.54 Å². The van der Waals surface area contributed by atoms with Gasteiger partial charge in [0.15, 0.2) is 5.65 Å². The lowest BCUT2D eigenvalue weighted by molar-refractivity contribution is 0.0869. The van der Waals surface area contributed by atoms with Gasteiger partial charge in [0, 0.05) is 65.5 Å². The van der Waals surface area contributed by atoms with Gasteiger partial charge >= 0.3 is 0 Å². The first-order chi connectivity index (χ1) is 14.8. The Labute approximate surface area is 178 Å². The lowest BCUT2D eigenvalue weighted by atomic mass is 10.0. The third kappa shape index (κ3) is 3.07. The Morgan fingerprint density at radius 2 is 2.03 bits per heavy atom. The van der Waals surface area contributed by atoms with Gasteiger partial charge in [-0.15, -0.1) is 0 Å². The lowest BCUT2D eigenvalue weighted by Gasteiger charge is -2.23. The van der Waals surface area contributed by atoms with E-state index in [0.29, 0.717) is 11.2 Å². The molecule has 0 aliphatic carbocycles. The van der Waals surface area contributed by atoms with Gasteiger partial charge < -0.3 is 20.1 Å². The van der Waals surface area contributed by atoms with Gasteiger partial charge in [0.2, 0.25) is 0 Å². The van der Waals surface area contributed by atoms with Crippen molar-refractivity contribution in [3.63, 3.8) is 0 Å². The van der Waals surface area contributed by atoms with Crippen molar-refractivity contribution in [2.24, 2.45) is 14.1 Å². The summed E-state index contributed by atoms with van der Waals surface area (Å²) in [5.41, 5.74) is 4.34. The molecule has 1 amide bonds. The molecule has 0 aliphatic rings. The Hall–Kier alpha value is -3.65. The van der Waals surface area contributed by atoms with Gasteiger partial charge in [-0.2, -0.15) is 0 Å². The van der Waals surface area contributed by atoms with Crippen molar-refractivity contribution in [1.82, 2.24) is 29.6 Å². The number of benzene rings is 1. The highest BCUT2D eigenvalue weighted by atomic mass is 16.3. The highest BCUT2D eigenvalue weighted by molar-refractivity contribution is 6.07. The summed E-state index contributed by atoms with van der Waals surface area (Å²) in [6.07, 6.45) is 5.77. The molecule has 3 N–H and O–H groups in total. The summed E-state index contributed by atoms with van der Waals surface area (Å²) in [4.78, 5) is 22.0. The number of carbonyl (C=O) groups excluding carboxylic acids is 1. The maximum atomic E-state index is 12.8. The number of nitrogens with one attached hydrogen (secondary N) is 2. The Morgan fingerprint density at radius 1 is 1.23 bits per heavy atom. The minimum atomic E-state index is -0.695. The Kier molecular flexibility index (Phi) is 4.16. The van der Waals surface area contributed by atoms with Crippen LogP contribution in [0.25, 0.3) is 44.1 Å². The van der Waals surface area contributed by atoms with Crippen LogP contribution in [0, 0.1) is 0 Å². The van der Waals surface area contributed by atoms with Gasteiger partial charge in [0.1, 0.15) is 0 Å². The van der Waals surface area contributed by atoms with E-state index in [9.17, 15) is 9.90 Å². The number of aliphatic hydroxyl groups is 1. The zero-order valence-electron chi connectivity index (χ0n) is 17.9. The van der Waals surface area contributed by atoms with Crippen molar-refractivity contribution in [2.45, 2.75) is 19.4 Å². The summed E-state index contributed by atoms with van der Waals surface area (Å²) in [5.74, 6) is -0.223. The molecule has 0 spiro atoms. The second-order valence-electron chi connectivity index (χ2n) is 8.65. The number of rotatable bonds is 4. The summed E-state index contributed by atoms with van der Waals surface area (Å²) in [6.45, 7) is 3.43. The van der Waals surface area contributed by atoms with Crippen LogP contribution in [0.15, 0.2) is 42.9 Å². The number of amides is 1. The van der Waals surface area contributed by atoms with Crippen LogP contribution >= 0.6 is 0 Å². The highest BCUT2D eigenvalue weighted by Crippen LogP contribution is 2.34. The van der Waals surface area contributed by atoms with Crippen molar-refractivity contribution in [2.75, 3.05) is 6.61 Å². The normalized spacial score (nSPS) is 12.3. The van der Waals surface area contributed by atoms with Crippen molar-refractivity contribution in [3.8, 4) is 11.3 Å². The van der Waals surface area contributed by atoms with E-state index in [1.54, 1.807) is 19.9 Å². The fourth-order valence-corrected chi connectivity index (χ4v) is 4.03. The van der Waals surface area contributed by atoms with Crippen molar-refractivity contribution >= 4 is 38.7 Å². The number of aromatic nitrogens is 5.